The highest BCUT2D eigenvalue weighted by molar-refractivity contribution is 6.21. The molecule has 1 saturated heterocycles. The van der Waals surface area contributed by atoms with Crippen LogP contribution in [0.15, 0.2) is 73.1 Å². The Morgan fingerprint density at radius 2 is 1.74 bits per heavy atom. The van der Waals surface area contributed by atoms with Crippen LogP contribution >= 0.6 is 0 Å². The number of amides is 4. The zero-order valence-electron chi connectivity index (χ0n) is 18.3. The van der Waals surface area contributed by atoms with Crippen LogP contribution in [0.3, 0.4) is 0 Å². The van der Waals surface area contributed by atoms with E-state index < -0.39 is 36.0 Å². The van der Waals surface area contributed by atoms with E-state index in [4.69, 9.17) is 0 Å². The van der Waals surface area contributed by atoms with Crippen LogP contribution in [0, 0.1) is 0 Å². The van der Waals surface area contributed by atoms with E-state index in [0.717, 1.165) is 17.0 Å². The lowest BCUT2D eigenvalue weighted by molar-refractivity contribution is -0.274. The summed E-state index contributed by atoms with van der Waals surface area (Å²) in [5, 5.41) is 2.76. The Morgan fingerprint density at radius 1 is 1.06 bits per heavy atom. The Hall–Kier alpha value is -4.41. The lowest BCUT2D eigenvalue weighted by Crippen LogP contribution is -2.34. The van der Waals surface area contributed by atoms with Gasteiger partial charge in [-0.1, -0.05) is 18.2 Å². The number of benzene rings is 2. The number of pyridine rings is 1. The van der Waals surface area contributed by atoms with Crippen LogP contribution in [0.25, 0.3) is 0 Å². The molecule has 1 N–H and O–H groups in total. The maximum absolute atomic E-state index is 13.1. The third-order valence-corrected chi connectivity index (χ3v) is 5.34. The molecule has 2 aromatic carbocycles. The average Bonchev–Trinajstić information content (AvgIpc) is 3.03. The van der Waals surface area contributed by atoms with Crippen LogP contribution in [-0.4, -0.2) is 40.1 Å². The predicted octanol–water partition coefficient (Wildman–Crippen LogP) is 4.59. The molecule has 35 heavy (non-hydrogen) atoms. The summed E-state index contributed by atoms with van der Waals surface area (Å²) >= 11 is 0. The number of carbonyl (C=O) groups excluding carboxylic acids is 3. The second-order valence-corrected chi connectivity index (χ2v) is 7.65. The monoisotopic (exact) mass is 484 g/mol. The van der Waals surface area contributed by atoms with Gasteiger partial charge in [0, 0.05) is 24.6 Å². The van der Waals surface area contributed by atoms with E-state index in [9.17, 15) is 27.6 Å². The molecule has 4 rings (SSSR count). The van der Waals surface area contributed by atoms with Crippen molar-refractivity contribution in [1.82, 2.24) is 9.88 Å². The van der Waals surface area contributed by atoms with E-state index in [0.29, 0.717) is 11.3 Å². The number of anilines is 2. The minimum atomic E-state index is -4.86. The number of hydrogen-bond donors (Lipinski definition) is 1. The zero-order valence-corrected chi connectivity index (χ0v) is 18.3. The molecule has 1 aliphatic heterocycles. The summed E-state index contributed by atoms with van der Waals surface area (Å²) in [5.74, 6) is -1.46. The van der Waals surface area contributed by atoms with Crippen molar-refractivity contribution in [2.24, 2.45) is 0 Å². The van der Waals surface area contributed by atoms with E-state index in [2.05, 4.69) is 15.0 Å². The van der Waals surface area contributed by atoms with Gasteiger partial charge in [-0.05, 0) is 55.0 Å². The van der Waals surface area contributed by atoms with E-state index >= 15 is 0 Å². The molecule has 1 atom stereocenters. The summed E-state index contributed by atoms with van der Waals surface area (Å²) in [6, 6.07) is 13.3. The standard InChI is InChI=1S/C24H19F3N4O4/c1-15-22(33)31(18-7-9-19(10-8-18)35-24(25,26)27)23(34)30(15)14-16-11-12-28-13-20(16)21(32)29-17-5-3-2-4-6-17/h2-13,15H,14H2,1H3,(H,29,32). The van der Waals surface area contributed by atoms with Gasteiger partial charge in [0.25, 0.3) is 11.8 Å². The summed E-state index contributed by atoms with van der Waals surface area (Å²) in [6.45, 7) is 1.48. The third-order valence-electron chi connectivity index (χ3n) is 5.34. The van der Waals surface area contributed by atoms with Crippen molar-refractivity contribution in [2.45, 2.75) is 25.9 Å². The second kappa shape index (κ2) is 9.45. The van der Waals surface area contributed by atoms with Gasteiger partial charge in [0.05, 0.1) is 11.3 Å². The van der Waals surface area contributed by atoms with Crippen molar-refractivity contribution in [3.8, 4) is 5.75 Å². The summed E-state index contributed by atoms with van der Waals surface area (Å²) in [6.07, 6.45) is -2.02. The van der Waals surface area contributed by atoms with Crippen LogP contribution in [0.5, 0.6) is 5.75 Å². The SMILES string of the molecule is CC1C(=O)N(c2ccc(OC(F)(F)F)cc2)C(=O)N1Cc1ccncc1C(=O)Nc1ccccc1. The summed E-state index contributed by atoms with van der Waals surface area (Å²) < 4.78 is 41.1. The maximum atomic E-state index is 13.1. The number of rotatable bonds is 6. The molecule has 0 spiro atoms. The zero-order chi connectivity index (χ0) is 25.2. The summed E-state index contributed by atoms with van der Waals surface area (Å²) in [5.41, 5.74) is 1.38. The molecular formula is C24H19F3N4O4. The van der Waals surface area contributed by atoms with E-state index in [1.807, 2.05) is 6.07 Å². The molecule has 180 valence electrons. The van der Waals surface area contributed by atoms with Gasteiger partial charge >= 0.3 is 12.4 Å². The molecule has 1 aromatic heterocycles. The highest BCUT2D eigenvalue weighted by Crippen LogP contribution is 2.30. The number of imide groups is 1. The first-order valence-electron chi connectivity index (χ1n) is 10.4. The molecule has 0 saturated carbocycles. The Morgan fingerprint density at radius 3 is 2.40 bits per heavy atom. The first kappa shape index (κ1) is 23.7. The van der Waals surface area contributed by atoms with Crippen molar-refractivity contribution in [1.29, 1.82) is 0 Å². The van der Waals surface area contributed by atoms with E-state index in [1.165, 1.54) is 36.4 Å². The summed E-state index contributed by atoms with van der Waals surface area (Å²) in [4.78, 5) is 45.0. The van der Waals surface area contributed by atoms with Crippen LogP contribution in [-0.2, 0) is 11.3 Å². The van der Waals surface area contributed by atoms with Crippen molar-refractivity contribution in [3.63, 3.8) is 0 Å². The van der Waals surface area contributed by atoms with Crippen molar-refractivity contribution >= 4 is 29.2 Å². The Balaban J connectivity index is 1.54. The molecule has 4 amide bonds. The van der Waals surface area contributed by atoms with Crippen molar-refractivity contribution in [3.05, 3.63) is 84.2 Å². The number of para-hydroxylation sites is 1. The van der Waals surface area contributed by atoms with Gasteiger partial charge in [0.2, 0.25) is 0 Å². The highest BCUT2D eigenvalue weighted by Gasteiger charge is 2.43. The quantitative estimate of drug-likeness (QED) is 0.517. The normalized spacial score (nSPS) is 15.9. The third kappa shape index (κ3) is 5.24. The fourth-order valence-corrected chi connectivity index (χ4v) is 3.62. The molecule has 1 aliphatic rings. The number of carbonyl (C=O) groups is 3. The molecule has 0 bridgehead atoms. The topological polar surface area (TPSA) is 91.8 Å². The number of urea groups is 1. The van der Waals surface area contributed by atoms with Gasteiger partial charge in [-0.2, -0.15) is 0 Å². The second-order valence-electron chi connectivity index (χ2n) is 7.65. The van der Waals surface area contributed by atoms with Gasteiger partial charge in [-0.15, -0.1) is 13.2 Å². The largest absolute Gasteiger partial charge is 0.573 e. The number of hydrogen-bond acceptors (Lipinski definition) is 5. The van der Waals surface area contributed by atoms with Crippen LogP contribution in [0.4, 0.5) is 29.3 Å². The van der Waals surface area contributed by atoms with Gasteiger partial charge in [0.1, 0.15) is 11.8 Å². The van der Waals surface area contributed by atoms with Crippen LogP contribution < -0.4 is 15.0 Å². The van der Waals surface area contributed by atoms with Crippen molar-refractivity contribution in [2.75, 3.05) is 10.2 Å². The van der Waals surface area contributed by atoms with Crippen LogP contribution in [0.1, 0.15) is 22.8 Å². The molecule has 2 heterocycles. The molecule has 1 fully saturated rings. The first-order chi connectivity index (χ1) is 16.6. The number of halogens is 3. The van der Waals surface area contributed by atoms with Crippen molar-refractivity contribution < 1.29 is 32.3 Å². The molecular weight excluding hydrogens is 465 g/mol. The molecule has 0 radical (unpaired) electrons. The fraction of sp³-hybridized carbons (Fsp3) is 0.167. The van der Waals surface area contributed by atoms with Gasteiger partial charge in [-0.25, -0.2) is 9.69 Å². The smallest absolute Gasteiger partial charge is 0.406 e. The van der Waals surface area contributed by atoms with E-state index in [-0.39, 0.29) is 17.8 Å². The number of nitrogens with zero attached hydrogens (tertiary/aromatic N) is 3. The summed E-state index contributed by atoms with van der Waals surface area (Å²) in [7, 11) is 0. The molecule has 0 aliphatic carbocycles. The minimum Gasteiger partial charge on any atom is -0.406 e. The molecule has 1 unspecified atom stereocenters. The molecule has 11 heteroatoms. The minimum absolute atomic E-state index is 0.0580. The number of aromatic nitrogens is 1. The Kier molecular flexibility index (Phi) is 6.41. The Bertz CT molecular complexity index is 1250. The number of alkyl halides is 3. The first-order valence-corrected chi connectivity index (χ1v) is 10.4. The highest BCUT2D eigenvalue weighted by atomic mass is 19.4. The molecule has 3 aromatic rings. The maximum Gasteiger partial charge on any atom is 0.573 e. The Labute approximate surface area is 197 Å². The molecule has 8 nitrogen and oxygen atoms in total. The van der Waals surface area contributed by atoms with E-state index in [1.54, 1.807) is 30.3 Å². The fourth-order valence-electron chi connectivity index (χ4n) is 3.62. The number of nitrogens with one attached hydrogen (secondary N) is 1. The van der Waals surface area contributed by atoms with Crippen LogP contribution in [0.2, 0.25) is 0 Å². The lowest BCUT2D eigenvalue weighted by atomic mass is 10.1. The predicted molar refractivity (Wildman–Crippen MR) is 120 cm³/mol. The lowest BCUT2D eigenvalue weighted by Gasteiger charge is -2.21. The van der Waals surface area contributed by atoms with Gasteiger partial charge < -0.3 is 15.0 Å². The van der Waals surface area contributed by atoms with Gasteiger partial charge in [-0.3, -0.25) is 14.6 Å². The number of ether oxygens (including phenoxy) is 1. The average molecular weight is 484 g/mol. The van der Waals surface area contributed by atoms with Gasteiger partial charge in [0.15, 0.2) is 0 Å².